The second-order valence-electron chi connectivity index (χ2n) is 28.7. The van der Waals surface area contributed by atoms with Gasteiger partial charge in [0.15, 0.2) is 0 Å². The minimum atomic E-state index is 0.0716. The van der Waals surface area contributed by atoms with E-state index in [1.807, 2.05) is 6.20 Å². The Labute approximate surface area is 432 Å². The number of hydrogen-bond acceptors (Lipinski definition) is 12. The Morgan fingerprint density at radius 3 is 1.30 bits per heavy atom. The second-order valence-corrected chi connectivity index (χ2v) is 28.7. The van der Waals surface area contributed by atoms with Gasteiger partial charge < -0.3 is 9.13 Å². The van der Waals surface area contributed by atoms with Gasteiger partial charge in [-0.15, -0.1) is 20.4 Å². The molecule has 71 heavy (non-hydrogen) atoms. The molecular weight excluding hydrogens is 881 g/mol. The molecule has 0 aromatic carbocycles. The molecule has 0 amide bonds. The Kier molecular flexibility index (Phi) is 17.4. The van der Waals surface area contributed by atoms with Gasteiger partial charge in [0.1, 0.15) is 29.6 Å². The zero-order chi connectivity index (χ0) is 53.5. The van der Waals surface area contributed by atoms with Crippen LogP contribution >= 0.6 is 0 Å². The van der Waals surface area contributed by atoms with Crippen molar-refractivity contribution in [3.05, 3.63) is 69.6 Å². The van der Waals surface area contributed by atoms with Crippen LogP contribution in [0.15, 0.2) is 12.5 Å². The smallest absolute Gasteiger partial charge is 0.147 e. The molecule has 0 saturated heterocycles. The zero-order valence-corrected chi connectivity index (χ0v) is 49.6. The van der Waals surface area contributed by atoms with E-state index in [9.17, 15) is 0 Å². The minimum absolute atomic E-state index is 0.0716. The summed E-state index contributed by atoms with van der Waals surface area (Å²) in [5, 5.41) is 26.1. The molecule has 0 fully saturated rings. The Morgan fingerprint density at radius 1 is 0.366 bits per heavy atom. The summed E-state index contributed by atoms with van der Waals surface area (Å²) < 4.78 is 4.62. The van der Waals surface area contributed by atoms with Crippen molar-refractivity contribution in [3.8, 4) is 0 Å². The molecule has 4 aromatic heterocycles. The van der Waals surface area contributed by atoms with Crippen molar-refractivity contribution in [1.82, 2.24) is 69.3 Å². The van der Waals surface area contributed by atoms with E-state index in [0.717, 1.165) is 108 Å². The van der Waals surface area contributed by atoms with Gasteiger partial charge in [-0.25, -0.2) is 9.97 Å². The topological polar surface area (TPSA) is 126 Å². The van der Waals surface area contributed by atoms with Crippen molar-refractivity contribution in [2.24, 2.45) is 0 Å². The molecule has 8 heterocycles. The molecule has 4 aliphatic heterocycles. The lowest BCUT2D eigenvalue weighted by Crippen LogP contribution is -2.46. The van der Waals surface area contributed by atoms with Crippen molar-refractivity contribution in [3.63, 3.8) is 0 Å². The molecule has 14 heteroatoms. The van der Waals surface area contributed by atoms with E-state index in [4.69, 9.17) is 0 Å². The summed E-state index contributed by atoms with van der Waals surface area (Å²) in [5.41, 5.74) is 9.01. The maximum absolute atomic E-state index is 4.52. The van der Waals surface area contributed by atoms with Crippen LogP contribution in [0.4, 0.5) is 0 Å². The predicted molar refractivity (Wildman–Crippen MR) is 292 cm³/mol. The third kappa shape index (κ3) is 15.0. The van der Waals surface area contributed by atoms with Crippen molar-refractivity contribution >= 4 is 0 Å². The fourth-order valence-electron chi connectivity index (χ4n) is 9.98. The standard InChI is InChI=1S/2C15H25N3.C14H26N4.C13H24N4/c1-14(2,3)13-12-7-8-18(15(4,5)6)10-11(12)9-16-17-13;1-14(2,3)13-11-7-8-18(15(4,5)6)9-12(11)16-10-17-13;1-13(2,3)12-16-15-11-7-8-17(14(4,5)6)9-10-18(11)12;1-12(2,3)11-15-14-10-9-16(13(4,5)6)7-8-17(10)11/h9H,7-8,10H2,1-6H3;10H,7-9H2,1-6H3;7-10H2,1-6H3;7-9H2,1-6H3. The highest BCUT2D eigenvalue weighted by atomic mass is 15.4. The molecule has 14 nitrogen and oxygen atoms in total. The highest BCUT2D eigenvalue weighted by Gasteiger charge is 2.34. The number of aromatic nitrogens is 10. The second kappa shape index (κ2) is 21.3. The van der Waals surface area contributed by atoms with E-state index in [1.54, 1.807) is 6.33 Å². The third-order valence-electron chi connectivity index (χ3n) is 14.4. The normalized spacial score (nSPS) is 18.0. The van der Waals surface area contributed by atoms with Crippen LogP contribution in [0.25, 0.3) is 0 Å². The number of nitrogens with zero attached hydrogens (tertiary/aromatic N) is 14. The van der Waals surface area contributed by atoms with Gasteiger partial charge in [-0.3, -0.25) is 19.6 Å². The van der Waals surface area contributed by atoms with Gasteiger partial charge in [0, 0.05) is 109 Å². The zero-order valence-electron chi connectivity index (χ0n) is 49.6. The molecule has 8 rings (SSSR count). The van der Waals surface area contributed by atoms with Gasteiger partial charge in [0.25, 0.3) is 0 Å². The van der Waals surface area contributed by atoms with Crippen LogP contribution in [0.3, 0.4) is 0 Å². The summed E-state index contributed by atoms with van der Waals surface area (Å²) in [7, 11) is 0. The van der Waals surface area contributed by atoms with Crippen LogP contribution in [0.2, 0.25) is 0 Å². The van der Waals surface area contributed by atoms with Crippen molar-refractivity contribution in [2.75, 3.05) is 32.7 Å². The van der Waals surface area contributed by atoms with Crippen LogP contribution in [0.1, 0.15) is 223 Å². The number of rotatable bonds is 0. The van der Waals surface area contributed by atoms with Gasteiger partial charge in [-0.1, -0.05) is 83.1 Å². The van der Waals surface area contributed by atoms with Crippen molar-refractivity contribution in [2.45, 2.75) is 262 Å². The molecule has 0 N–H and O–H groups in total. The number of fused-ring (bicyclic) bond motifs is 4. The monoisotopic (exact) mass is 981 g/mol. The molecule has 0 saturated carbocycles. The first-order valence-electron chi connectivity index (χ1n) is 26.8. The van der Waals surface area contributed by atoms with Crippen LogP contribution in [0.5, 0.6) is 0 Å². The molecule has 0 aliphatic carbocycles. The van der Waals surface area contributed by atoms with E-state index in [1.165, 1.54) is 33.8 Å². The Hall–Kier alpha value is -3.72. The average molecular weight is 982 g/mol. The Bertz CT molecular complexity index is 2280. The van der Waals surface area contributed by atoms with E-state index in [-0.39, 0.29) is 43.8 Å². The third-order valence-corrected chi connectivity index (χ3v) is 14.4. The van der Waals surface area contributed by atoms with Gasteiger partial charge >= 0.3 is 0 Å². The maximum atomic E-state index is 4.52. The van der Waals surface area contributed by atoms with Gasteiger partial charge in [0.2, 0.25) is 0 Å². The summed E-state index contributed by atoms with van der Waals surface area (Å²) in [5.74, 6) is 4.48. The summed E-state index contributed by atoms with van der Waals surface area (Å²) >= 11 is 0. The van der Waals surface area contributed by atoms with Gasteiger partial charge in [-0.2, -0.15) is 10.2 Å². The lowest BCUT2D eigenvalue weighted by molar-refractivity contribution is 0.0987. The van der Waals surface area contributed by atoms with E-state index in [0.29, 0.717) is 0 Å². The number of hydrogen-bond donors (Lipinski definition) is 0. The highest BCUT2D eigenvalue weighted by Crippen LogP contribution is 2.33. The predicted octanol–water partition coefficient (Wildman–Crippen LogP) is 10.3. The largest absolute Gasteiger partial charge is 0.313 e. The molecular formula is C57H100N14. The Balaban J connectivity index is 0.000000176. The lowest BCUT2D eigenvalue weighted by atomic mass is 9.84. The fourth-order valence-corrected chi connectivity index (χ4v) is 9.98. The average Bonchev–Trinajstić information content (AvgIpc) is 3.80. The molecule has 4 aromatic rings. The van der Waals surface area contributed by atoms with E-state index >= 15 is 0 Å². The van der Waals surface area contributed by atoms with Gasteiger partial charge in [-0.05, 0) is 113 Å². The first kappa shape index (κ1) is 58.2. The molecule has 0 atom stereocenters. The summed E-state index contributed by atoms with van der Waals surface area (Å²) in [6, 6.07) is 0. The van der Waals surface area contributed by atoms with E-state index in [2.05, 4.69) is 235 Å². The maximum Gasteiger partial charge on any atom is 0.147 e. The van der Waals surface area contributed by atoms with Crippen LogP contribution in [-0.2, 0) is 73.6 Å². The molecule has 4 aliphatic rings. The highest BCUT2D eigenvalue weighted by molar-refractivity contribution is 5.34. The van der Waals surface area contributed by atoms with E-state index < -0.39 is 0 Å². The van der Waals surface area contributed by atoms with Crippen molar-refractivity contribution in [1.29, 1.82) is 0 Å². The molecule has 0 bridgehead atoms. The molecule has 398 valence electrons. The minimum Gasteiger partial charge on any atom is -0.313 e. The van der Waals surface area contributed by atoms with Crippen LogP contribution < -0.4 is 0 Å². The molecule has 0 unspecified atom stereocenters. The summed E-state index contributed by atoms with van der Waals surface area (Å²) in [4.78, 5) is 19.0. The fraction of sp³-hybridized carbons (Fsp3) is 0.789. The van der Waals surface area contributed by atoms with Crippen LogP contribution in [0, 0.1) is 0 Å². The first-order valence-corrected chi connectivity index (χ1v) is 26.8. The van der Waals surface area contributed by atoms with Crippen LogP contribution in [-0.4, -0.2) is 124 Å². The SMILES string of the molecule is CC(C)(C)c1ncnc2c1CCN(C(C)(C)C)C2.CC(C)(C)c1nnc2n1CCN(C(C)(C)C)C2.CC(C)(C)c1nnc2n1CCN(C(C)(C)C)CC2.CC(C)(C)c1nncc2c1CCN(C(C)(C)C)C2. The quantitative estimate of drug-likeness (QED) is 0.167. The first-order chi connectivity index (χ1) is 32.3. The Morgan fingerprint density at radius 2 is 0.803 bits per heavy atom. The van der Waals surface area contributed by atoms with Gasteiger partial charge in [0.05, 0.1) is 29.8 Å². The van der Waals surface area contributed by atoms with Crippen molar-refractivity contribution < 1.29 is 0 Å². The molecule has 0 radical (unpaired) electrons. The lowest BCUT2D eigenvalue weighted by Gasteiger charge is -2.40. The summed E-state index contributed by atoms with van der Waals surface area (Å²) in [6.45, 7) is 64.1. The summed E-state index contributed by atoms with van der Waals surface area (Å²) in [6.07, 6.45) is 6.84. The molecule has 0 spiro atoms.